The number of carbonyl (C=O) groups excluding carboxylic acids is 3. The van der Waals surface area contributed by atoms with E-state index in [1.54, 1.807) is 0 Å². The Morgan fingerprint density at radius 3 is 1.77 bits per heavy atom. The van der Waals surface area contributed by atoms with Crippen molar-refractivity contribution in [1.29, 1.82) is 0 Å². The lowest BCUT2D eigenvalue weighted by Crippen LogP contribution is -2.48. The van der Waals surface area contributed by atoms with Crippen LogP contribution in [0.5, 0.6) is 0 Å². The van der Waals surface area contributed by atoms with Crippen molar-refractivity contribution in [1.82, 2.24) is 16.0 Å². The molecule has 0 bridgehead atoms. The van der Waals surface area contributed by atoms with E-state index < -0.39 is 17.4 Å². The van der Waals surface area contributed by atoms with E-state index in [0.29, 0.717) is 45.8 Å². The monoisotopic (exact) mass is 575 g/mol. The van der Waals surface area contributed by atoms with E-state index in [4.69, 9.17) is 18.9 Å². The summed E-state index contributed by atoms with van der Waals surface area (Å²) in [7, 11) is 0. The Hall–Kier alpha value is -2.28. The van der Waals surface area contributed by atoms with Crippen molar-refractivity contribution >= 4 is 23.7 Å². The molecule has 40 heavy (non-hydrogen) atoms. The minimum Gasteiger partial charge on any atom is -0.480 e. The van der Waals surface area contributed by atoms with Crippen molar-refractivity contribution in [3.63, 3.8) is 0 Å². The molecule has 12 heteroatoms. The summed E-state index contributed by atoms with van der Waals surface area (Å²) >= 11 is 0. The molecule has 0 aromatic heterocycles. The highest BCUT2D eigenvalue weighted by atomic mass is 16.5. The summed E-state index contributed by atoms with van der Waals surface area (Å²) in [6.45, 7) is 15.3. The van der Waals surface area contributed by atoms with Gasteiger partial charge in [0.25, 0.3) is 0 Å². The fourth-order valence-electron chi connectivity index (χ4n) is 3.92. The summed E-state index contributed by atoms with van der Waals surface area (Å²) in [6.07, 6.45) is 2.09. The molecule has 0 aromatic carbocycles. The highest BCUT2D eigenvalue weighted by Crippen LogP contribution is 2.36. The number of carboxylic acid groups (broad SMARTS) is 1. The molecular weight excluding hydrogens is 522 g/mol. The van der Waals surface area contributed by atoms with Crippen molar-refractivity contribution in [2.75, 3.05) is 65.9 Å². The lowest BCUT2D eigenvalue weighted by Gasteiger charge is -2.34. The van der Waals surface area contributed by atoms with Gasteiger partial charge in [-0.2, -0.15) is 0 Å². The second kappa shape index (κ2) is 21.5. The lowest BCUT2D eigenvalue weighted by atomic mass is 9.72. The van der Waals surface area contributed by atoms with E-state index in [9.17, 15) is 24.3 Å². The van der Waals surface area contributed by atoms with E-state index in [1.807, 2.05) is 41.5 Å². The van der Waals surface area contributed by atoms with Crippen LogP contribution < -0.4 is 16.0 Å². The first kappa shape index (κ1) is 37.7. The number of ether oxygens (including phenoxy) is 4. The van der Waals surface area contributed by atoms with Crippen molar-refractivity contribution in [3.05, 3.63) is 0 Å². The number of hydrogen-bond acceptors (Lipinski definition) is 8. The number of carbonyl (C=O) groups is 4. The van der Waals surface area contributed by atoms with Gasteiger partial charge >= 0.3 is 5.97 Å². The third-order valence-corrected chi connectivity index (χ3v) is 5.98. The molecule has 2 unspecified atom stereocenters. The summed E-state index contributed by atoms with van der Waals surface area (Å²) in [5.41, 5.74) is -0.791. The zero-order valence-electron chi connectivity index (χ0n) is 25.4. The van der Waals surface area contributed by atoms with Crippen LogP contribution in [0.3, 0.4) is 0 Å². The van der Waals surface area contributed by atoms with E-state index in [2.05, 4.69) is 16.0 Å². The molecule has 0 fully saturated rings. The molecule has 2 atom stereocenters. The number of carboxylic acids is 1. The molecule has 234 valence electrons. The van der Waals surface area contributed by atoms with Gasteiger partial charge in [-0.15, -0.1) is 0 Å². The Labute approximate surface area is 239 Å². The molecule has 0 saturated carbocycles. The van der Waals surface area contributed by atoms with Crippen LogP contribution in [0, 0.1) is 10.8 Å². The molecule has 0 radical (unpaired) electrons. The van der Waals surface area contributed by atoms with Gasteiger partial charge in [-0.3, -0.25) is 14.4 Å². The zero-order chi connectivity index (χ0) is 30.4. The molecular formula is C28H53N3O9. The largest absolute Gasteiger partial charge is 0.480 e. The molecule has 0 heterocycles. The zero-order valence-corrected chi connectivity index (χ0v) is 25.4. The topological polar surface area (TPSA) is 162 Å². The van der Waals surface area contributed by atoms with Crippen LogP contribution in [0.1, 0.15) is 73.6 Å². The molecule has 12 nitrogen and oxygen atoms in total. The normalized spacial score (nSPS) is 13.8. The minimum absolute atomic E-state index is 0.0154. The number of amides is 3. The molecule has 0 aliphatic rings. The standard InChI is InChI=1S/C28H53N3O9/c1-7-13-37-16-17-38-15-12-30-24(33)20-40-19-18-39-14-11-29-23(32)10-9-22(25(34)35)31-26(36)28(6,8-2)21-27(3,4)5/h22H,7-21H2,1-6H3,(H,29,32)(H,30,33)(H,31,36)(H,34,35). The van der Waals surface area contributed by atoms with E-state index in [-0.39, 0.29) is 69.0 Å². The van der Waals surface area contributed by atoms with E-state index in [0.717, 1.165) is 6.42 Å². The summed E-state index contributed by atoms with van der Waals surface area (Å²) in [5.74, 6) is -2.07. The summed E-state index contributed by atoms with van der Waals surface area (Å²) in [6, 6.07) is -1.15. The number of hydrogen-bond donors (Lipinski definition) is 4. The number of nitrogens with one attached hydrogen (secondary N) is 3. The van der Waals surface area contributed by atoms with Crippen LogP contribution in [0.2, 0.25) is 0 Å². The van der Waals surface area contributed by atoms with E-state index in [1.165, 1.54) is 0 Å². The fourth-order valence-corrected chi connectivity index (χ4v) is 3.92. The fraction of sp³-hybridized carbons (Fsp3) is 0.857. The van der Waals surface area contributed by atoms with Gasteiger partial charge in [0.1, 0.15) is 12.6 Å². The van der Waals surface area contributed by atoms with Crippen molar-refractivity contribution < 1.29 is 43.2 Å². The summed E-state index contributed by atoms with van der Waals surface area (Å²) in [4.78, 5) is 48.4. The molecule has 0 aliphatic carbocycles. The van der Waals surface area contributed by atoms with Crippen LogP contribution in [0.4, 0.5) is 0 Å². The van der Waals surface area contributed by atoms with Crippen LogP contribution in [0.25, 0.3) is 0 Å². The first-order chi connectivity index (χ1) is 18.8. The second-order valence-electron chi connectivity index (χ2n) is 11.1. The molecule has 0 spiro atoms. The molecule has 0 rings (SSSR count). The average molecular weight is 576 g/mol. The van der Waals surface area contributed by atoms with Gasteiger partial charge in [-0.25, -0.2) is 4.79 Å². The number of aliphatic carboxylic acids is 1. The lowest BCUT2D eigenvalue weighted by molar-refractivity contribution is -0.144. The SMILES string of the molecule is CCCOCCOCCNC(=O)COCCOCCNC(=O)CCC(NC(=O)C(C)(CC)CC(C)(C)C)C(=O)O. The van der Waals surface area contributed by atoms with Crippen LogP contribution >= 0.6 is 0 Å². The molecule has 4 N–H and O–H groups in total. The van der Waals surface area contributed by atoms with Crippen LogP contribution in [-0.4, -0.2) is 101 Å². The van der Waals surface area contributed by atoms with Crippen molar-refractivity contribution in [3.8, 4) is 0 Å². The molecule has 0 aromatic rings. The van der Waals surface area contributed by atoms with Crippen molar-refractivity contribution in [2.45, 2.75) is 79.7 Å². The van der Waals surface area contributed by atoms with Gasteiger partial charge in [-0.05, 0) is 31.1 Å². The predicted octanol–water partition coefficient (Wildman–Crippen LogP) is 1.90. The minimum atomic E-state index is -1.17. The smallest absolute Gasteiger partial charge is 0.326 e. The molecule has 0 saturated heterocycles. The van der Waals surface area contributed by atoms with Gasteiger partial charge in [0, 0.05) is 31.5 Å². The Morgan fingerprint density at radius 1 is 0.750 bits per heavy atom. The first-order valence-electron chi connectivity index (χ1n) is 14.2. The third-order valence-electron chi connectivity index (χ3n) is 5.98. The average Bonchev–Trinajstić information content (AvgIpc) is 2.88. The van der Waals surface area contributed by atoms with Gasteiger partial charge in [0.05, 0.1) is 39.6 Å². The predicted molar refractivity (Wildman–Crippen MR) is 151 cm³/mol. The maximum Gasteiger partial charge on any atom is 0.326 e. The Bertz CT molecular complexity index is 743. The maximum absolute atomic E-state index is 12.9. The van der Waals surface area contributed by atoms with E-state index >= 15 is 0 Å². The van der Waals surface area contributed by atoms with Gasteiger partial charge in [-0.1, -0.05) is 41.5 Å². The molecule has 3 amide bonds. The molecule has 0 aliphatic heterocycles. The summed E-state index contributed by atoms with van der Waals surface area (Å²) < 4.78 is 21.2. The van der Waals surface area contributed by atoms with Crippen LogP contribution in [0.15, 0.2) is 0 Å². The quantitative estimate of drug-likeness (QED) is 0.126. The number of rotatable bonds is 24. The second-order valence-corrected chi connectivity index (χ2v) is 11.1. The Morgan fingerprint density at radius 2 is 1.27 bits per heavy atom. The van der Waals surface area contributed by atoms with Crippen molar-refractivity contribution in [2.24, 2.45) is 10.8 Å². The van der Waals surface area contributed by atoms with Gasteiger partial charge in [0.15, 0.2) is 0 Å². The first-order valence-corrected chi connectivity index (χ1v) is 14.2. The summed E-state index contributed by atoms with van der Waals surface area (Å²) in [5, 5.41) is 17.5. The van der Waals surface area contributed by atoms with Gasteiger partial charge < -0.3 is 40.0 Å². The Balaban J connectivity index is 3.98. The Kier molecular flexibility index (Phi) is 20.2. The maximum atomic E-state index is 12.9. The highest BCUT2D eigenvalue weighted by molar-refractivity contribution is 5.87. The highest BCUT2D eigenvalue weighted by Gasteiger charge is 2.37. The van der Waals surface area contributed by atoms with Gasteiger partial charge in [0.2, 0.25) is 17.7 Å². The third kappa shape index (κ3) is 19.7. The van der Waals surface area contributed by atoms with Crippen LogP contribution in [-0.2, 0) is 38.1 Å².